The molecule has 1 aliphatic heterocycles. The molecule has 0 aromatic rings. The van der Waals surface area contributed by atoms with Gasteiger partial charge < -0.3 is 0 Å². The van der Waals surface area contributed by atoms with Crippen LogP contribution in [0.4, 0.5) is 0 Å². The Bertz CT molecular complexity index is 98.6. The van der Waals surface area contributed by atoms with Gasteiger partial charge in [0.25, 0.3) is 0 Å². The van der Waals surface area contributed by atoms with Crippen molar-refractivity contribution in [2.75, 3.05) is 5.75 Å². The summed E-state index contributed by atoms with van der Waals surface area (Å²) < 4.78 is 0. The molecule has 1 rings (SSSR count). The first-order valence-electron chi connectivity index (χ1n) is 2.61. The van der Waals surface area contributed by atoms with E-state index in [2.05, 4.69) is 0 Å². The smallest absolute Gasteiger partial charge is 0.234 e. The van der Waals surface area contributed by atoms with Crippen molar-refractivity contribution >= 4 is 28.6 Å². The van der Waals surface area contributed by atoms with Gasteiger partial charge in [-0.05, 0) is 30.2 Å². The molecule has 8 heavy (non-hydrogen) atoms. The van der Waals surface area contributed by atoms with Gasteiger partial charge in [0.1, 0.15) is 0 Å². The molecular formula is C5H7ClOS. The molecule has 0 saturated carbocycles. The Morgan fingerprint density at radius 1 is 1.75 bits per heavy atom. The zero-order chi connectivity index (χ0) is 5.98. The van der Waals surface area contributed by atoms with E-state index >= 15 is 0 Å². The number of thioether (sulfide) groups is 1. The van der Waals surface area contributed by atoms with Gasteiger partial charge in [-0.25, -0.2) is 0 Å². The maximum atomic E-state index is 10.4. The predicted octanol–water partition coefficient (Wildman–Crippen LogP) is 1.65. The van der Waals surface area contributed by atoms with E-state index in [0.29, 0.717) is 0 Å². The highest BCUT2D eigenvalue weighted by molar-refractivity contribution is 8.01. The summed E-state index contributed by atoms with van der Waals surface area (Å²) in [4.78, 5) is 10.4. The van der Waals surface area contributed by atoms with E-state index in [0.717, 1.165) is 18.6 Å². The largest absolute Gasteiger partial charge is 0.280 e. The quantitative estimate of drug-likeness (QED) is 0.529. The van der Waals surface area contributed by atoms with Crippen molar-refractivity contribution < 1.29 is 4.79 Å². The van der Waals surface area contributed by atoms with Crippen LogP contribution in [0.25, 0.3) is 0 Å². The van der Waals surface area contributed by atoms with Gasteiger partial charge in [0, 0.05) is 0 Å². The van der Waals surface area contributed by atoms with Crippen molar-refractivity contribution in [2.24, 2.45) is 0 Å². The fourth-order valence-electron chi connectivity index (χ4n) is 0.757. The minimum atomic E-state index is -0.174. The molecule has 0 spiro atoms. The van der Waals surface area contributed by atoms with Crippen LogP contribution in [0.15, 0.2) is 0 Å². The van der Waals surface area contributed by atoms with Crippen LogP contribution < -0.4 is 0 Å². The van der Waals surface area contributed by atoms with Gasteiger partial charge in [0.15, 0.2) is 0 Å². The van der Waals surface area contributed by atoms with Crippen molar-refractivity contribution in [3.05, 3.63) is 0 Å². The van der Waals surface area contributed by atoms with Crippen LogP contribution >= 0.6 is 23.4 Å². The summed E-state index contributed by atoms with van der Waals surface area (Å²) in [5.41, 5.74) is 0. The van der Waals surface area contributed by atoms with E-state index in [1.54, 1.807) is 11.8 Å². The van der Waals surface area contributed by atoms with Gasteiger partial charge >= 0.3 is 0 Å². The highest BCUT2D eigenvalue weighted by Gasteiger charge is 2.20. The van der Waals surface area contributed by atoms with Crippen molar-refractivity contribution in [1.82, 2.24) is 0 Å². The van der Waals surface area contributed by atoms with Crippen LogP contribution in [0.3, 0.4) is 0 Å². The Balaban J connectivity index is 2.35. The fraction of sp³-hybridized carbons (Fsp3) is 0.800. The lowest BCUT2D eigenvalue weighted by Crippen LogP contribution is -2.04. The number of halogens is 1. The Hall–Kier alpha value is 0.310. The van der Waals surface area contributed by atoms with Crippen LogP contribution in [-0.4, -0.2) is 16.2 Å². The predicted molar refractivity (Wildman–Crippen MR) is 36.3 cm³/mol. The van der Waals surface area contributed by atoms with Gasteiger partial charge in [-0.1, -0.05) is 0 Å². The number of hydrogen-bond acceptors (Lipinski definition) is 2. The van der Waals surface area contributed by atoms with Crippen molar-refractivity contribution in [2.45, 2.75) is 18.1 Å². The summed E-state index contributed by atoms with van der Waals surface area (Å²) in [6.07, 6.45) is 2.13. The first kappa shape index (κ1) is 6.43. The Morgan fingerprint density at radius 3 is 2.75 bits per heavy atom. The maximum Gasteiger partial charge on any atom is 0.234 e. The summed E-state index contributed by atoms with van der Waals surface area (Å²) in [6.45, 7) is 0. The molecule has 0 radical (unpaired) electrons. The molecule has 3 heteroatoms. The molecule has 1 aliphatic rings. The molecule has 1 heterocycles. The second kappa shape index (κ2) is 2.74. The van der Waals surface area contributed by atoms with Crippen LogP contribution in [-0.2, 0) is 4.79 Å². The van der Waals surface area contributed by atoms with Gasteiger partial charge in [-0.15, -0.1) is 11.8 Å². The Kier molecular flexibility index (Phi) is 2.20. The summed E-state index contributed by atoms with van der Waals surface area (Å²) in [5, 5.41) is -0.0656. The van der Waals surface area contributed by atoms with Crippen molar-refractivity contribution in [1.29, 1.82) is 0 Å². The summed E-state index contributed by atoms with van der Waals surface area (Å²) in [7, 11) is 0. The van der Waals surface area contributed by atoms with Crippen LogP contribution in [0.1, 0.15) is 12.8 Å². The zero-order valence-corrected chi connectivity index (χ0v) is 5.97. The molecule has 1 nitrogen and oxygen atoms in total. The Labute approximate surface area is 57.8 Å². The maximum absolute atomic E-state index is 10.4. The monoisotopic (exact) mass is 150 g/mol. The highest BCUT2D eigenvalue weighted by atomic mass is 35.5. The Morgan fingerprint density at radius 2 is 2.50 bits per heavy atom. The molecule has 0 aromatic carbocycles. The lowest BCUT2D eigenvalue weighted by atomic mass is 10.3. The highest BCUT2D eigenvalue weighted by Crippen LogP contribution is 2.27. The minimum Gasteiger partial charge on any atom is -0.280 e. The molecule has 1 saturated heterocycles. The van der Waals surface area contributed by atoms with Gasteiger partial charge in [0.2, 0.25) is 5.24 Å². The number of hydrogen-bond donors (Lipinski definition) is 0. The van der Waals surface area contributed by atoms with E-state index in [1.807, 2.05) is 0 Å². The number of carbonyl (C=O) groups is 1. The van der Waals surface area contributed by atoms with Crippen LogP contribution in [0.2, 0.25) is 0 Å². The molecular weight excluding hydrogens is 144 g/mol. The SMILES string of the molecule is O=C(Cl)[C@@H]1CCCS1. The van der Waals surface area contributed by atoms with Crippen LogP contribution in [0.5, 0.6) is 0 Å². The molecule has 1 fully saturated rings. The minimum absolute atomic E-state index is 0.108. The number of carbonyl (C=O) groups excluding carboxylic acids is 1. The molecule has 0 unspecified atom stereocenters. The van der Waals surface area contributed by atoms with E-state index in [4.69, 9.17) is 11.6 Å². The molecule has 1 atom stereocenters. The van der Waals surface area contributed by atoms with E-state index in [1.165, 1.54) is 0 Å². The first-order valence-corrected chi connectivity index (χ1v) is 4.04. The third kappa shape index (κ3) is 1.39. The normalized spacial score (nSPS) is 28.4. The van der Waals surface area contributed by atoms with Gasteiger partial charge in [-0.3, -0.25) is 4.79 Å². The van der Waals surface area contributed by atoms with Gasteiger partial charge in [0.05, 0.1) is 5.25 Å². The molecule has 0 amide bonds. The van der Waals surface area contributed by atoms with Crippen LogP contribution in [0, 0.1) is 0 Å². The first-order chi connectivity index (χ1) is 3.80. The molecule has 0 bridgehead atoms. The van der Waals surface area contributed by atoms with E-state index in [9.17, 15) is 4.79 Å². The number of rotatable bonds is 1. The summed E-state index contributed by atoms with van der Waals surface area (Å²) in [6, 6.07) is 0. The average molecular weight is 151 g/mol. The third-order valence-corrected chi connectivity index (χ3v) is 2.95. The lowest BCUT2D eigenvalue weighted by molar-refractivity contribution is -0.111. The molecule has 0 N–H and O–H groups in total. The zero-order valence-electron chi connectivity index (χ0n) is 4.39. The molecule has 46 valence electrons. The summed E-state index contributed by atoms with van der Waals surface area (Å²) >= 11 is 6.89. The van der Waals surface area contributed by atoms with Crippen molar-refractivity contribution in [3.8, 4) is 0 Å². The van der Waals surface area contributed by atoms with Gasteiger partial charge in [-0.2, -0.15) is 0 Å². The average Bonchev–Trinajstić information content (AvgIpc) is 2.12. The second-order valence-electron chi connectivity index (χ2n) is 1.81. The topological polar surface area (TPSA) is 17.1 Å². The lowest BCUT2D eigenvalue weighted by Gasteiger charge is -1.96. The molecule has 0 aromatic heterocycles. The molecule has 0 aliphatic carbocycles. The van der Waals surface area contributed by atoms with Crippen molar-refractivity contribution in [3.63, 3.8) is 0 Å². The van der Waals surface area contributed by atoms with E-state index < -0.39 is 0 Å². The third-order valence-electron chi connectivity index (χ3n) is 1.18. The fourth-order valence-corrected chi connectivity index (χ4v) is 2.14. The standard InChI is InChI=1S/C5H7ClOS/c6-5(7)4-2-1-3-8-4/h4H,1-3H2/t4-/m0/s1. The van der Waals surface area contributed by atoms with E-state index in [-0.39, 0.29) is 10.5 Å². The summed E-state index contributed by atoms with van der Waals surface area (Å²) in [5.74, 6) is 1.10. The second-order valence-corrected chi connectivity index (χ2v) is 3.49.